The van der Waals surface area contributed by atoms with Gasteiger partial charge in [0.1, 0.15) is 17.2 Å². The lowest BCUT2D eigenvalue weighted by atomic mass is 10.2. The van der Waals surface area contributed by atoms with E-state index in [9.17, 15) is 0 Å². The van der Waals surface area contributed by atoms with Gasteiger partial charge in [-0.3, -0.25) is 5.32 Å². The van der Waals surface area contributed by atoms with Crippen LogP contribution in [-0.4, -0.2) is 73.4 Å². The molecule has 11 heteroatoms. The molecule has 4 rings (SSSR count). The third-order valence-corrected chi connectivity index (χ3v) is 6.27. The van der Waals surface area contributed by atoms with Crippen LogP contribution in [0.3, 0.4) is 0 Å². The predicted molar refractivity (Wildman–Crippen MR) is 155 cm³/mol. The summed E-state index contributed by atoms with van der Waals surface area (Å²) < 4.78 is 16.1. The van der Waals surface area contributed by atoms with E-state index >= 15 is 0 Å². The summed E-state index contributed by atoms with van der Waals surface area (Å²) in [5, 5.41) is 6.75. The molecule has 0 unspecified atom stereocenters. The number of nitrogens with one attached hydrogen (secondary N) is 2. The SMILES string of the molecule is COc1ccc(N2CCN(/C(=N\C(=S)Nc3ccc(OC)cc3OC)Nc3nc(C)cc(C)n3)CC2)cc1. The molecule has 1 saturated heterocycles. The summed E-state index contributed by atoms with van der Waals surface area (Å²) in [6, 6.07) is 15.5. The number of nitrogens with zero attached hydrogens (tertiary/aromatic N) is 5. The molecule has 0 radical (unpaired) electrons. The first kappa shape index (κ1) is 26.9. The molecule has 0 atom stereocenters. The standard InChI is InChI=1S/C27H33N7O3S/c1-18-16-19(2)29-25(28-18)31-26(32-27(38)30-23-11-10-22(36-4)17-24(23)37-5)34-14-12-33(13-15-34)20-6-8-21(35-3)9-7-20/h6-11,16-17H,12-15H2,1-5H3,(H2,28,29,30,31,32,38). The Hall–Kier alpha value is -4.12. The molecule has 38 heavy (non-hydrogen) atoms. The van der Waals surface area contributed by atoms with Crippen molar-refractivity contribution in [1.82, 2.24) is 14.9 Å². The average Bonchev–Trinajstić information content (AvgIpc) is 2.92. The van der Waals surface area contributed by atoms with Gasteiger partial charge in [0.2, 0.25) is 17.0 Å². The smallest absolute Gasteiger partial charge is 0.229 e. The van der Waals surface area contributed by atoms with E-state index in [1.807, 2.05) is 44.2 Å². The van der Waals surface area contributed by atoms with Crippen LogP contribution in [0, 0.1) is 13.8 Å². The Morgan fingerprint density at radius 3 is 2.05 bits per heavy atom. The summed E-state index contributed by atoms with van der Waals surface area (Å²) in [5.74, 6) is 3.18. The van der Waals surface area contributed by atoms with Crippen molar-refractivity contribution in [3.05, 3.63) is 59.9 Å². The number of thiocarbonyl (C=S) groups is 1. The van der Waals surface area contributed by atoms with Crippen LogP contribution in [-0.2, 0) is 0 Å². The number of benzene rings is 2. The second-order valence-corrected chi connectivity index (χ2v) is 9.09. The lowest BCUT2D eigenvalue weighted by molar-refractivity contribution is 0.385. The number of piperazine rings is 1. The average molecular weight is 536 g/mol. The van der Waals surface area contributed by atoms with Crippen molar-refractivity contribution in [2.75, 3.05) is 63.0 Å². The minimum absolute atomic E-state index is 0.276. The molecule has 2 heterocycles. The van der Waals surface area contributed by atoms with E-state index < -0.39 is 0 Å². The maximum Gasteiger partial charge on any atom is 0.229 e. The van der Waals surface area contributed by atoms with Crippen LogP contribution in [0.4, 0.5) is 17.3 Å². The van der Waals surface area contributed by atoms with Crippen molar-refractivity contribution >= 4 is 40.6 Å². The number of aliphatic imine (C=N–C) groups is 1. The zero-order valence-electron chi connectivity index (χ0n) is 22.3. The number of anilines is 3. The molecule has 0 saturated carbocycles. The van der Waals surface area contributed by atoms with E-state index in [0.29, 0.717) is 29.1 Å². The molecule has 0 bridgehead atoms. The zero-order valence-corrected chi connectivity index (χ0v) is 23.1. The number of hydrogen-bond donors (Lipinski definition) is 2. The summed E-state index contributed by atoms with van der Waals surface area (Å²) in [6.45, 7) is 6.97. The van der Waals surface area contributed by atoms with Crippen LogP contribution < -0.4 is 29.7 Å². The third kappa shape index (κ3) is 6.80. The second kappa shape index (κ2) is 12.4. The van der Waals surface area contributed by atoms with Crippen LogP contribution >= 0.6 is 12.2 Å². The van der Waals surface area contributed by atoms with E-state index in [4.69, 9.17) is 31.4 Å². The number of guanidine groups is 1. The van der Waals surface area contributed by atoms with Crippen LogP contribution in [0.1, 0.15) is 11.4 Å². The fraction of sp³-hybridized carbons (Fsp3) is 0.333. The fourth-order valence-corrected chi connectivity index (χ4v) is 4.37. The van der Waals surface area contributed by atoms with Crippen molar-refractivity contribution in [3.8, 4) is 17.2 Å². The molecule has 1 aliphatic rings. The molecule has 1 aliphatic heterocycles. The molecule has 10 nitrogen and oxygen atoms in total. The Morgan fingerprint density at radius 1 is 0.816 bits per heavy atom. The quantitative estimate of drug-likeness (QED) is 0.273. The highest BCUT2D eigenvalue weighted by atomic mass is 32.1. The lowest BCUT2D eigenvalue weighted by Gasteiger charge is -2.37. The summed E-state index contributed by atoms with van der Waals surface area (Å²) in [7, 11) is 4.88. The van der Waals surface area contributed by atoms with Crippen LogP contribution in [0.15, 0.2) is 53.5 Å². The Labute approximate surface area is 228 Å². The summed E-state index contributed by atoms with van der Waals surface area (Å²) in [6.07, 6.45) is 0. The van der Waals surface area contributed by atoms with E-state index in [1.54, 1.807) is 27.4 Å². The van der Waals surface area contributed by atoms with Gasteiger partial charge in [0.25, 0.3) is 0 Å². The number of hydrogen-bond acceptors (Lipinski definition) is 7. The van der Waals surface area contributed by atoms with Crippen LogP contribution in [0.5, 0.6) is 17.2 Å². The van der Waals surface area contributed by atoms with Crippen molar-refractivity contribution in [1.29, 1.82) is 0 Å². The summed E-state index contributed by atoms with van der Waals surface area (Å²) >= 11 is 5.63. The molecule has 2 aromatic carbocycles. The van der Waals surface area contributed by atoms with E-state index in [2.05, 4.69) is 42.5 Å². The minimum Gasteiger partial charge on any atom is -0.497 e. The fourth-order valence-electron chi connectivity index (χ4n) is 4.17. The maximum absolute atomic E-state index is 5.63. The monoisotopic (exact) mass is 535 g/mol. The highest BCUT2D eigenvalue weighted by molar-refractivity contribution is 7.80. The first-order chi connectivity index (χ1) is 18.4. The van der Waals surface area contributed by atoms with Gasteiger partial charge in [-0.25, -0.2) is 9.97 Å². The number of methoxy groups -OCH3 is 3. The number of aryl methyl sites for hydroxylation is 2. The molecule has 2 N–H and O–H groups in total. The molecule has 1 fully saturated rings. The van der Waals surface area contributed by atoms with E-state index in [0.717, 1.165) is 49.0 Å². The van der Waals surface area contributed by atoms with Crippen molar-refractivity contribution in [3.63, 3.8) is 0 Å². The highest BCUT2D eigenvalue weighted by Crippen LogP contribution is 2.29. The van der Waals surface area contributed by atoms with Gasteiger partial charge in [0, 0.05) is 49.3 Å². The van der Waals surface area contributed by atoms with Gasteiger partial charge in [0.15, 0.2) is 0 Å². The van der Waals surface area contributed by atoms with Gasteiger partial charge in [0.05, 0.1) is 27.0 Å². The Morgan fingerprint density at radius 2 is 1.45 bits per heavy atom. The zero-order chi connectivity index (χ0) is 27.1. The van der Waals surface area contributed by atoms with Gasteiger partial charge in [-0.15, -0.1) is 0 Å². The first-order valence-corrected chi connectivity index (χ1v) is 12.6. The molecule has 3 aromatic rings. The molecule has 0 amide bonds. The Balaban J connectivity index is 1.54. The van der Waals surface area contributed by atoms with Crippen LogP contribution in [0.25, 0.3) is 0 Å². The van der Waals surface area contributed by atoms with Gasteiger partial charge >= 0.3 is 0 Å². The minimum atomic E-state index is 0.276. The van der Waals surface area contributed by atoms with E-state index in [-0.39, 0.29) is 5.11 Å². The molecular formula is C27H33N7O3S. The van der Waals surface area contributed by atoms with Gasteiger partial charge in [-0.2, -0.15) is 4.99 Å². The largest absolute Gasteiger partial charge is 0.497 e. The van der Waals surface area contributed by atoms with Crippen LogP contribution in [0.2, 0.25) is 0 Å². The Bertz CT molecular complexity index is 1270. The normalized spacial score (nSPS) is 13.7. The number of aromatic nitrogens is 2. The second-order valence-electron chi connectivity index (χ2n) is 8.70. The third-order valence-electron chi connectivity index (χ3n) is 6.08. The lowest BCUT2D eigenvalue weighted by Crippen LogP contribution is -2.51. The van der Waals surface area contributed by atoms with Gasteiger partial charge in [-0.1, -0.05) is 0 Å². The molecule has 1 aromatic heterocycles. The topological polar surface area (TPSA) is 96.4 Å². The summed E-state index contributed by atoms with van der Waals surface area (Å²) in [5.41, 5.74) is 3.58. The van der Waals surface area contributed by atoms with Crippen molar-refractivity contribution in [2.45, 2.75) is 13.8 Å². The highest BCUT2D eigenvalue weighted by Gasteiger charge is 2.22. The molecular weight excluding hydrogens is 502 g/mol. The van der Waals surface area contributed by atoms with Crippen molar-refractivity contribution < 1.29 is 14.2 Å². The van der Waals surface area contributed by atoms with Gasteiger partial charge < -0.3 is 29.3 Å². The predicted octanol–water partition coefficient (Wildman–Crippen LogP) is 4.11. The molecule has 200 valence electrons. The van der Waals surface area contributed by atoms with E-state index in [1.165, 1.54) is 0 Å². The Kier molecular flexibility index (Phi) is 8.80. The molecule has 0 aliphatic carbocycles. The van der Waals surface area contributed by atoms with Crippen molar-refractivity contribution in [2.24, 2.45) is 4.99 Å². The number of rotatable bonds is 6. The number of ether oxygens (including phenoxy) is 3. The maximum atomic E-state index is 5.63. The molecule has 0 spiro atoms. The summed E-state index contributed by atoms with van der Waals surface area (Å²) in [4.78, 5) is 18.3. The van der Waals surface area contributed by atoms with Gasteiger partial charge in [-0.05, 0) is 68.5 Å². The first-order valence-electron chi connectivity index (χ1n) is 12.2.